The van der Waals surface area contributed by atoms with Gasteiger partial charge in [0.05, 0.1) is 30.3 Å². The Labute approximate surface area is 242 Å². The van der Waals surface area contributed by atoms with E-state index >= 15 is 0 Å². The van der Waals surface area contributed by atoms with Gasteiger partial charge in [-0.1, -0.05) is 72.4 Å². The van der Waals surface area contributed by atoms with Crippen molar-refractivity contribution in [1.29, 1.82) is 0 Å². The van der Waals surface area contributed by atoms with Crippen LogP contribution in [0.25, 0.3) is 5.70 Å². The van der Waals surface area contributed by atoms with Gasteiger partial charge in [0.15, 0.2) is 16.7 Å². The van der Waals surface area contributed by atoms with E-state index in [4.69, 9.17) is 19.2 Å². The molecular weight excluding hydrogens is 538 g/mol. The fourth-order valence-electron chi connectivity index (χ4n) is 5.15. The van der Waals surface area contributed by atoms with Crippen molar-refractivity contribution >= 4 is 34.5 Å². The number of thioether (sulfide) groups is 1. The van der Waals surface area contributed by atoms with E-state index < -0.39 is 12.0 Å². The molecule has 0 aliphatic carbocycles. The first-order valence-electron chi connectivity index (χ1n) is 13.4. The second-order valence-corrected chi connectivity index (χ2v) is 10.6. The molecule has 3 aliphatic heterocycles. The smallest absolute Gasteiger partial charge is 0.338 e. The number of hydrogen-bond donors (Lipinski definition) is 1. The topological polar surface area (TPSA) is 89.5 Å². The second-order valence-electron chi connectivity index (χ2n) is 9.74. The van der Waals surface area contributed by atoms with Gasteiger partial charge in [0.2, 0.25) is 12.7 Å². The monoisotopic (exact) mass is 567 g/mol. The van der Waals surface area contributed by atoms with Crippen LogP contribution < -0.4 is 14.8 Å². The summed E-state index contributed by atoms with van der Waals surface area (Å²) >= 11 is 1.45. The Balaban J connectivity index is 1.32. The minimum atomic E-state index is -0.513. The quantitative estimate of drug-likeness (QED) is 0.349. The van der Waals surface area contributed by atoms with E-state index in [2.05, 4.69) is 5.32 Å². The van der Waals surface area contributed by atoms with E-state index in [0.717, 1.165) is 28.0 Å². The van der Waals surface area contributed by atoms with Crippen LogP contribution in [0.5, 0.6) is 11.5 Å². The Kier molecular flexibility index (Phi) is 7.52. The Hall–Kier alpha value is -4.50. The van der Waals surface area contributed by atoms with Gasteiger partial charge in [0.1, 0.15) is 0 Å². The highest BCUT2D eigenvalue weighted by molar-refractivity contribution is 8.16. The largest absolute Gasteiger partial charge is 0.463 e. The molecule has 0 bridgehead atoms. The third-order valence-electron chi connectivity index (χ3n) is 7.10. The van der Waals surface area contributed by atoms with Crippen molar-refractivity contribution in [2.75, 3.05) is 13.4 Å². The highest BCUT2D eigenvalue weighted by Gasteiger charge is 2.42. The SMILES string of the molecule is CCOC(=O)C1=C(c2ccccc2)N=C2SC=C(CC(=O)NCc3ccc4c(c3)OCO4)N2C1c1ccccc1C. The lowest BCUT2D eigenvalue weighted by molar-refractivity contribution is -0.139. The van der Waals surface area contributed by atoms with Crippen LogP contribution in [0.3, 0.4) is 0 Å². The van der Waals surface area contributed by atoms with Crippen molar-refractivity contribution in [3.05, 3.63) is 112 Å². The molecule has 0 spiro atoms. The Morgan fingerprint density at radius 2 is 1.83 bits per heavy atom. The lowest BCUT2D eigenvalue weighted by Crippen LogP contribution is -2.38. The van der Waals surface area contributed by atoms with Crippen molar-refractivity contribution in [2.45, 2.75) is 32.9 Å². The van der Waals surface area contributed by atoms with Gasteiger partial charge in [-0.05, 0) is 48.1 Å². The van der Waals surface area contributed by atoms with Crippen LogP contribution in [0.1, 0.15) is 41.6 Å². The van der Waals surface area contributed by atoms with Crippen LogP contribution in [0.4, 0.5) is 0 Å². The summed E-state index contributed by atoms with van der Waals surface area (Å²) in [5.74, 6) is 0.808. The van der Waals surface area contributed by atoms with Gasteiger partial charge in [-0.25, -0.2) is 9.79 Å². The van der Waals surface area contributed by atoms with E-state index in [1.807, 2.05) is 90.0 Å². The van der Waals surface area contributed by atoms with Gasteiger partial charge in [-0.2, -0.15) is 0 Å². The van der Waals surface area contributed by atoms with Crippen LogP contribution in [0, 0.1) is 6.92 Å². The zero-order chi connectivity index (χ0) is 28.3. The average Bonchev–Trinajstić information content (AvgIpc) is 3.63. The molecule has 1 amide bonds. The number of esters is 1. The molecule has 1 atom stereocenters. The van der Waals surface area contributed by atoms with E-state index in [9.17, 15) is 9.59 Å². The van der Waals surface area contributed by atoms with Crippen LogP contribution in [-0.4, -0.2) is 35.3 Å². The summed E-state index contributed by atoms with van der Waals surface area (Å²) in [4.78, 5) is 33.8. The number of amides is 1. The number of carbonyl (C=O) groups is 2. The molecule has 0 saturated heterocycles. The van der Waals surface area contributed by atoms with E-state index in [1.54, 1.807) is 6.92 Å². The minimum absolute atomic E-state index is 0.121. The number of rotatable bonds is 8. The van der Waals surface area contributed by atoms with Crippen LogP contribution in [0.15, 0.2) is 94.5 Å². The van der Waals surface area contributed by atoms with Crippen LogP contribution in [0.2, 0.25) is 0 Å². The first-order valence-corrected chi connectivity index (χ1v) is 14.3. The zero-order valence-electron chi connectivity index (χ0n) is 22.8. The predicted molar refractivity (Wildman–Crippen MR) is 158 cm³/mol. The fraction of sp³-hybridized carbons (Fsp3) is 0.219. The highest BCUT2D eigenvalue weighted by Crippen LogP contribution is 2.47. The molecule has 1 unspecified atom stereocenters. The molecule has 3 aromatic carbocycles. The Morgan fingerprint density at radius 1 is 1.05 bits per heavy atom. The third kappa shape index (κ3) is 5.32. The Morgan fingerprint density at radius 3 is 2.63 bits per heavy atom. The summed E-state index contributed by atoms with van der Waals surface area (Å²) in [5.41, 5.74) is 5.51. The van der Waals surface area contributed by atoms with Gasteiger partial charge in [0, 0.05) is 17.8 Å². The first-order chi connectivity index (χ1) is 20.0. The van der Waals surface area contributed by atoms with Gasteiger partial charge in [0.25, 0.3) is 0 Å². The maximum absolute atomic E-state index is 13.6. The van der Waals surface area contributed by atoms with Crippen molar-refractivity contribution in [2.24, 2.45) is 4.99 Å². The number of amidine groups is 1. The molecule has 0 saturated carbocycles. The zero-order valence-corrected chi connectivity index (χ0v) is 23.6. The third-order valence-corrected chi connectivity index (χ3v) is 7.99. The molecular formula is C32H29N3O5S. The molecule has 0 aromatic heterocycles. The van der Waals surface area contributed by atoms with Gasteiger partial charge < -0.3 is 24.4 Å². The molecule has 41 heavy (non-hydrogen) atoms. The maximum atomic E-state index is 13.6. The Bertz CT molecular complexity index is 1600. The number of nitrogens with zero attached hydrogens (tertiary/aromatic N) is 2. The summed E-state index contributed by atoms with van der Waals surface area (Å²) in [6.45, 7) is 4.61. The highest BCUT2D eigenvalue weighted by atomic mass is 32.2. The van der Waals surface area contributed by atoms with Gasteiger partial charge in [-0.15, -0.1) is 0 Å². The van der Waals surface area contributed by atoms with Crippen molar-refractivity contribution in [3.63, 3.8) is 0 Å². The summed E-state index contributed by atoms with van der Waals surface area (Å²) in [5, 5.41) is 5.67. The van der Waals surface area contributed by atoms with Gasteiger partial charge >= 0.3 is 5.97 Å². The number of benzene rings is 3. The minimum Gasteiger partial charge on any atom is -0.463 e. The number of hydrogen-bond acceptors (Lipinski definition) is 8. The van der Waals surface area contributed by atoms with E-state index in [1.165, 1.54) is 11.8 Å². The number of nitrogens with one attached hydrogen (secondary N) is 1. The van der Waals surface area contributed by atoms with Gasteiger partial charge in [-0.3, -0.25) is 4.79 Å². The number of aliphatic imine (C=N–C) groups is 1. The number of ether oxygens (including phenoxy) is 3. The normalized spacial score (nSPS) is 17.1. The maximum Gasteiger partial charge on any atom is 0.338 e. The standard InChI is InChI=1S/C32H29N3O5S/c1-3-38-31(37)28-29(22-10-5-4-6-11-22)34-32-35(30(28)24-12-8-7-9-20(24)2)23(18-41-32)16-27(36)33-17-21-13-14-25-26(15-21)40-19-39-25/h4-15,18,30H,3,16-17,19H2,1-2H3,(H,33,36). The number of fused-ring (bicyclic) bond motifs is 2. The van der Waals surface area contributed by atoms with Crippen molar-refractivity contribution in [3.8, 4) is 11.5 Å². The van der Waals surface area contributed by atoms with Crippen LogP contribution in [-0.2, 0) is 20.9 Å². The molecule has 1 N–H and O–H groups in total. The fourth-order valence-corrected chi connectivity index (χ4v) is 6.07. The molecule has 8 nitrogen and oxygen atoms in total. The lowest BCUT2D eigenvalue weighted by atomic mass is 9.89. The number of aryl methyl sites for hydroxylation is 1. The summed E-state index contributed by atoms with van der Waals surface area (Å²) in [6.07, 6.45) is 0.121. The lowest BCUT2D eigenvalue weighted by Gasteiger charge is -2.37. The molecule has 3 heterocycles. The predicted octanol–water partition coefficient (Wildman–Crippen LogP) is 5.71. The molecule has 208 valence electrons. The second kappa shape index (κ2) is 11.5. The van der Waals surface area contributed by atoms with Crippen LogP contribution >= 0.6 is 11.8 Å². The molecule has 6 rings (SSSR count). The van der Waals surface area contributed by atoms with E-state index in [-0.39, 0.29) is 25.7 Å². The summed E-state index contributed by atoms with van der Waals surface area (Å²) in [6, 6.07) is 22.8. The molecule has 0 radical (unpaired) electrons. The average molecular weight is 568 g/mol. The summed E-state index contributed by atoms with van der Waals surface area (Å²) < 4.78 is 16.4. The molecule has 0 fully saturated rings. The summed E-state index contributed by atoms with van der Waals surface area (Å²) in [7, 11) is 0. The van der Waals surface area contributed by atoms with Crippen molar-refractivity contribution in [1.82, 2.24) is 10.2 Å². The van der Waals surface area contributed by atoms with Crippen molar-refractivity contribution < 1.29 is 23.8 Å². The molecule has 3 aromatic rings. The molecule has 9 heteroatoms. The molecule has 3 aliphatic rings. The van der Waals surface area contributed by atoms with E-state index in [0.29, 0.717) is 34.5 Å². The first kappa shape index (κ1) is 26.7. The number of carbonyl (C=O) groups excluding carboxylic acids is 2.